The van der Waals surface area contributed by atoms with Crippen LogP contribution >= 0.6 is 0 Å². The molecule has 1 aliphatic carbocycles. The summed E-state index contributed by atoms with van der Waals surface area (Å²) in [5.41, 5.74) is 0.647. The summed E-state index contributed by atoms with van der Waals surface area (Å²) >= 11 is 0. The van der Waals surface area contributed by atoms with Crippen molar-refractivity contribution in [3.05, 3.63) is 29.6 Å². The molecule has 2 rings (SSSR count). The third-order valence-electron chi connectivity index (χ3n) is 4.01. The summed E-state index contributed by atoms with van der Waals surface area (Å²) in [6, 6.07) is 5.20. The van der Waals surface area contributed by atoms with Crippen LogP contribution < -0.4 is 5.32 Å². The highest BCUT2D eigenvalue weighted by molar-refractivity contribution is 5.33. The van der Waals surface area contributed by atoms with Crippen LogP contribution in [0.3, 0.4) is 0 Å². The molecule has 0 bridgehead atoms. The number of halogens is 1. The average molecular weight is 251 g/mol. The molecule has 0 saturated heterocycles. The Labute approximate surface area is 108 Å². The van der Waals surface area contributed by atoms with Crippen LogP contribution in [-0.4, -0.2) is 11.1 Å². The van der Waals surface area contributed by atoms with Crippen molar-refractivity contribution < 1.29 is 9.50 Å². The standard InChI is InChI=1S/C15H22FNO/c1-2-11-5-3-7-13(9-11)17-10-12-6-4-8-14(16)15(12)18/h4,6,8,11,13,17-18H,2-3,5,7,9-10H2,1H3. The first kappa shape index (κ1) is 13.3. The lowest BCUT2D eigenvalue weighted by atomic mass is 9.84. The molecule has 2 N–H and O–H groups in total. The molecule has 1 aliphatic rings. The molecule has 0 aliphatic heterocycles. The Kier molecular flexibility index (Phi) is 4.59. The Morgan fingerprint density at radius 2 is 2.22 bits per heavy atom. The SMILES string of the molecule is CCC1CCCC(NCc2cccc(F)c2O)C1. The Morgan fingerprint density at radius 1 is 1.39 bits per heavy atom. The van der Waals surface area contributed by atoms with E-state index in [1.165, 1.54) is 38.2 Å². The maximum absolute atomic E-state index is 13.2. The maximum Gasteiger partial charge on any atom is 0.165 e. The third-order valence-corrected chi connectivity index (χ3v) is 4.01. The first-order valence-electron chi connectivity index (χ1n) is 6.90. The third kappa shape index (κ3) is 3.22. The van der Waals surface area contributed by atoms with Gasteiger partial charge in [-0.15, -0.1) is 0 Å². The molecule has 18 heavy (non-hydrogen) atoms. The van der Waals surface area contributed by atoms with Crippen molar-refractivity contribution in [1.29, 1.82) is 0 Å². The summed E-state index contributed by atoms with van der Waals surface area (Å²) < 4.78 is 13.2. The van der Waals surface area contributed by atoms with Crippen molar-refractivity contribution in [3.8, 4) is 5.75 Å². The number of hydrogen-bond acceptors (Lipinski definition) is 2. The largest absolute Gasteiger partial charge is 0.505 e. The molecule has 100 valence electrons. The zero-order chi connectivity index (χ0) is 13.0. The monoisotopic (exact) mass is 251 g/mol. The van der Waals surface area contributed by atoms with E-state index in [1.807, 2.05) is 0 Å². The van der Waals surface area contributed by atoms with Crippen LogP contribution in [0.2, 0.25) is 0 Å². The summed E-state index contributed by atoms with van der Waals surface area (Å²) in [5.74, 6) is 0.0644. The zero-order valence-electron chi connectivity index (χ0n) is 11.0. The second-order valence-corrected chi connectivity index (χ2v) is 5.27. The van der Waals surface area contributed by atoms with Gasteiger partial charge in [-0.05, 0) is 24.8 Å². The normalized spacial score (nSPS) is 24.1. The Bertz CT molecular complexity index is 394. The van der Waals surface area contributed by atoms with Crippen molar-refractivity contribution in [2.45, 2.75) is 51.6 Å². The topological polar surface area (TPSA) is 32.3 Å². The summed E-state index contributed by atoms with van der Waals surface area (Å²) in [6.45, 7) is 2.79. The van der Waals surface area contributed by atoms with Gasteiger partial charge in [-0.1, -0.05) is 38.3 Å². The molecule has 1 saturated carbocycles. The summed E-state index contributed by atoms with van der Waals surface area (Å²) in [4.78, 5) is 0. The lowest BCUT2D eigenvalue weighted by molar-refractivity contribution is 0.277. The highest BCUT2D eigenvalue weighted by atomic mass is 19.1. The zero-order valence-corrected chi connectivity index (χ0v) is 11.0. The number of aromatic hydroxyl groups is 1. The molecule has 0 amide bonds. The van der Waals surface area contributed by atoms with E-state index in [0.717, 1.165) is 5.92 Å². The van der Waals surface area contributed by atoms with E-state index in [2.05, 4.69) is 12.2 Å². The van der Waals surface area contributed by atoms with E-state index >= 15 is 0 Å². The molecule has 0 spiro atoms. The van der Waals surface area contributed by atoms with Crippen LogP contribution in [0.5, 0.6) is 5.75 Å². The van der Waals surface area contributed by atoms with E-state index in [9.17, 15) is 9.50 Å². The van der Waals surface area contributed by atoms with E-state index in [1.54, 1.807) is 12.1 Å². The summed E-state index contributed by atoms with van der Waals surface area (Å²) in [7, 11) is 0. The van der Waals surface area contributed by atoms with E-state index in [4.69, 9.17) is 0 Å². The van der Waals surface area contributed by atoms with Crippen LogP contribution in [0.15, 0.2) is 18.2 Å². The van der Waals surface area contributed by atoms with Crippen molar-refractivity contribution in [1.82, 2.24) is 5.32 Å². The molecule has 1 aromatic rings. The van der Waals surface area contributed by atoms with Gasteiger partial charge in [0, 0.05) is 18.2 Å². The fraction of sp³-hybridized carbons (Fsp3) is 0.600. The summed E-state index contributed by atoms with van der Waals surface area (Å²) in [6.07, 6.45) is 6.23. The smallest absolute Gasteiger partial charge is 0.165 e. The van der Waals surface area contributed by atoms with Crippen LogP contribution in [0, 0.1) is 11.7 Å². The number of phenolic OH excluding ortho intramolecular Hbond substituents is 1. The van der Waals surface area contributed by atoms with Gasteiger partial charge < -0.3 is 10.4 Å². The van der Waals surface area contributed by atoms with Gasteiger partial charge in [0.25, 0.3) is 0 Å². The Balaban J connectivity index is 1.89. The van der Waals surface area contributed by atoms with Gasteiger partial charge >= 0.3 is 0 Å². The predicted octanol–water partition coefficient (Wildman–Crippen LogP) is 3.59. The molecule has 0 heterocycles. The number of nitrogens with one attached hydrogen (secondary N) is 1. The maximum atomic E-state index is 13.2. The van der Waals surface area contributed by atoms with E-state index in [0.29, 0.717) is 18.2 Å². The van der Waals surface area contributed by atoms with Crippen molar-refractivity contribution in [2.75, 3.05) is 0 Å². The van der Waals surface area contributed by atoms with Gasteiger partial charge in [0.2, 0.25) is 0 Å². The van der Waals surface area contributed by atoms with E-state index < -0.39 is 5.82 Å². The first-order valence-corrected chi connectivity index (χ1v) is 6.90. The highest BCUT2D eigenvalue weighted by Gasteiger charge is 2.20. The molecule has 3 heteroatoms. The fourth-order valence-electron chi connectivity index (χ4n) is 2.80. The molecular formula is C15H22FNO. The molecule has 2 nitrogen and oxygen atoms in total. The fourth-order valence-corrected chi connectivity index (χ4v) is 2.80. The van der Waals surface area contributed by atoms with Crippen molar-refractivity contribution >= 4 is 0 Å². The lowest BCUT2D eigenvalue weighted by Gasteiger charge is -2.29. The van der Waals surface area contributed by atoms with Crippen molar-refractivity contribution in [2.24, 2.45) is 5.92 Å². The predicted molar refractivity (Wildman–Crippen MR) is 70.9 cm³/mol. The molecule has 0 radical (unpaired) electrons. The van der Waals surface area contributed by atoms with Gasteiger partial charge in [-0.25, -0.2) is 4.39 Å². The average Bonchev–Trinajstić information content (AvgIpc) is 2.41. The van der Waals surface area contributed by atoms with Gasteiger partial charge in [0.15, 0.2) is 11.6 Å². The number of benzene rings is 1. The van der Waals surface area contributed by atoms with Gasteiger partial charge in [0.1, 0.15) is 0 Å². The number of hydrogen-bond donors (Lipinski definition) is 2. The molecule has 1 fully saturated rings. The molecule has 1 aromatic carbocycles. The van der Waals surface area contributed by atoms with Gasteiger partial charge in [-0.3, -0.25) is 0 Å². The second kappa shape index (κ2) is 6.19. The van der Waals surface area contributed by atoms with Crippen LogP contribution in [0.25, 0.3) is 0 Å². The number of rotatable bonds is 4. The Morgan fingerprint density at radius 3 is 3.00 bits per heavy atom. The first-order chi connectivity index (χ1) is 8.70. The molecule has 2 unspecified atom stereocenters. The molecular weight excluding hydrogens is 229 g/mol. The summed E-state index contributed by atoms with van der Waals surface area (Å²) in [5, 5.41) is 13.1. The Hall–Kier alpha value is -1.09. The number of para-hydroxylation sites is 1. The minimum absolute atomic E-state index is 0.215. The minimum Gasteiger partial charge on any atom is -0.505 e. The van der Waals surface area contributed by atoms with E-state index in [-0.39, 0.29) is 5.75 Å². The van der Waals surface area contributed by atoms with Gasteiger partial charge in [0.05, 0.1) is 0 Å². The van der Waals surface area contributed by atoms with Gasteiger partial charge in [-0.2, -0.15) is 0 Å². The van der Waals surface area contributed by atoms with Crippen molar-refractivity contribution in [3.63, 3.8) is 0 Å². The van der Waals surface area contributed by atoms with Crippen LogP contribution in [0.4, 0.5) is 4.39 Å². The quantitative estimate of drug-likeness (QED) is 0.857. The van der Waals surface area contributed by atoms with Crippen LogP contribution in [-0.2, 0) is 6.54 Å². The minimum atomic E-state index is -0.538. The second-order valence-electron chi connectivity index (χ2n) is 5.27. The number of phenols is 1. The van der Waals surface area contributed by atoms with Crippen LogP contribution in [0.1, 0.15) is 44.6 Å². The molecule has 0 aromatic heterocycles. The lowest BCUT2D eigenvalue weighted by Crippen LogP contribution is -2.33. The molecule has 2 atom stereocenters. The highest BCUT2D eigenvalue weighted by Crippen LogP contribution is 2.27.